The van der Waals surface area contributed by atoms with Gasteiger partial charge in [-0.1, -0.05) is 39.8 Å². The number of hydrogen-bond donors (Lipinski definition) is 1. The number of carbonyl (C=O) groups is 2. The summed E-state index contributed by atoms with van der Waals surface area (Å²) in [6.07, 6.45) is 12.4. The van der Waals surface area contributed by atoms with Crippen LogP contribution in [0.2, 0.25) is 0 Å². The van der Waals surface area contributed by atoms with Gasteiger partial charge in [0.2, 0.25) is 0 Å². The van der Waals surface area contributed by atoms with E-state index in [0.29, 0.717) is 48.7 Å². The monoisotopic (exact) mass is 414 g/mol. The molecule has 4 fully saturated rings. The van der Waals surface area contributed by atoms with Gasteiger partial charge in [-0.05, 0) is 85.9 Å². The van der Waals surface area contributed by atoms with Crippen LogP contribution in [0.15, 0.2) is 12.2 Å². The van der Waals surface area contributed by atoms with E-state index in [1.165, 1.54) is 0 Å². The molecule has 1 N–H and O–H groups in total. The summed E-state index contributed by atoms with van der Waals surface area (Å²) in [6, 6.07) is 0. The fourth-order valence-corrected chi connectivity index (χ4v) is 8.49. The molecule has 4 saturated carbocycles. The minimum Gasteiger partial charge on any atom is -0.386 e. The van der Waals surface area contributed by atoms with Crippen molar-refractivity contribution in [3.8, 4) is 0 Å². The average Bonchev–Trinajstić information content (AvgIpc) is 3.01. The molecular weight excluding hydrogens is 372 g/mol. The van der Waals surface area contributed by atoms with Crippen LogP contribution in [-0.4, -0.2) is 22.3 Å². The van der Waals surface area contributed by atoms with Crippen molar-refractivity contribution >= 4 is 11.6 Å². The van der Waals surface area contributed by atoms with E-state index in [1.54, 1.807) is 0 Å². The van der Waals surface area contributed by atoms with Crippen molar-refractivity contribution in [3.63, 3.8) is 0 Å². The summed E-state index contributed by atoms with van der Waals surface area (Å²) in [4.78, 5) is 25.3. The summed E-state index contributed by atoms with van der Waals surface area (Å²) in [5.41, 5.74) is -0.679. The number of rotatable bonds is 4. The van der Waals surface area contributed by atoms with Crippen LogP contribution in [0.4, 0.5) is 0 Å². The maximum absolute atomic E-state index is 13.2. The second-order valence-electron chi connectivity index (χ2n) is 12.3. The molecule has 3 heteroatoms. The van der Waals surface area contributed by atoms with E-state index in [2.05, 4.69) is 39.8 Å². The maximum Gasteiger partial charge on any atom is 0.137 e. The number of ketones is 2. The van der Waals surface area contributed by atoms with Gasteiger partial charge in [0.25, 0.3) is 0 Å². The van der Waals surface area contributed by atoms with Crippen LogP contribution in [0.1, 0.15) is 92.4 Å². The molecule has 0 spiro atoms. The van der Waals surface area contributed by atoms with Gasteiger partial charge in [0, 0.05) is 25.2 Å². The largest absolute Gasteiger partial charge is 0.386 e. The molecule has 30 heavy (non-hydrogen) atoms. The first kappa shape index (κ1) is 22.2. The van der Waals surface area contributed by atoms with Crippen LogP contribution in [0.25, 0.3) is 0 Å². The number of hydrogen-bond acceptors (Lipinski definition) is 3. The first-order chi connectivity index (χ1) is 14.0. The van der Waals surface area contributed by atoms with Gasteiger partial charge in [0.15, 0.2) is 0 Å². The zero-order valence-corrected chi connectivity index (χ0v) is 19.7. The standard InChI is InChI=1S/C27H42O3/c1-17(2)7-6-12-27(5,30)24-9-8-20-19-16-23(29)22-15-18(28)10-13-25(22,3)21(19)11-14-26(20,24)4/h6,12,17,19-22,24,30H,7-11,13-16H2,1-5H3/b12-6+/t19-,20-,21-,22+,24-,25+,26-,27-/m0/s1. The van der Waals surface area contributed by atoms with Gasteiger partial charge in [-0.25, -0.2) is 0 Å². The summed E-state index contributed by atoms with van der Waals surface area (Å²) in [7, 11) is 0. The Morgan fingerprint density at radius 1 is 1.07 bits per heavy atom. The van der Waals surface area contributed by atoms with E-state index in [4.69, 9.17) is 0 Å². The Bertz CT molecular complexity index is 734. The molecule has 0 aromatic carbocycles. The lowest BCUT2D eigenvalue weighted by molar-refractivity contribution is -0.160. The molecule has 0 heterocycles. The number of allylic oxidation sites excluding steroid dienone is 1. The lowest BCUT2D eigenvalue weighted by atomic mass is 9.44. The predicted molar refractivity (Wildman–Crippen MR) is 120 cm³/mol. The van der Waals surface area contributed by atoms with E-state index >= 15 is 0 Å². The summed E-state index contributed by atoms with van der Waals surface area (Å²) in [5, 5.41) is 11.5. The van der Waals surface area contributed by atoms with E-state index in [1.807, 2.05) is 6.92 Å². The molecule has 4 aliphatic rings. The maximum atomic E-state index is 13.2. The Labute approximate surface area is 183 Å². The van der Waals surface area contributed by atoms with Gasteiger partial charge < -0.3 is 5.11 Å². The van der Waals surface area contributed by atoms with E-state index in [9.17, 15) is 14.7 Å². The molecule has 0 bridgehead atoms. The zero-order chi connectivity index (χ0) is 21.9. The Morgan fingerprint density at radius 2 is 1.77 bits per heavy atom. The molecule has 0 saturated heterocycles. The van der Waals surface area contributed by atoms with Crippen molar-refractivity contribution in [2.75, 3.05) is 0 Å². The molecular formula is C27H42O3. The number of fused-ring (bicyclic) bond motifs is 5. The highest BCUT2D eigenvalue weighted by Gasteiger charge is 2.63. The fraction of sp³-hybridized carbons (Fsp3) is 0.852. The molecule has 168 valence electrons. The normalized spacial score (nSPS) is 45.9. The van der Waals surface area contributed by atoms with Gasteiger partial charge in [0.1, 0.15) is 11.6 Å². The minimum absolute atomic E-state index is 0.00696. The van der Waals surface area contributed by atoms with Crippen molar-refractivity contribution in [2.24, 2.45) is 46.3 Å². The molecule has 3 nitrogen and oxygen atoms in total. The number of Topliss-reactive ketones (excluding diaryl/α,β-unsaturated/α-hetero) is 2. The number of aliphatic hydroxyl groups is 1. The lowest BCUT2D eigenvalue weighted by Crippen LogP contribution is -2.57. The third kappa shape index (κ3) is 3.44. The summed E-state index contributed by atoms with van der Waals surface area (Å²) >= 11 is 0. The molecule has 4 rings (SSSR count). The van der Waals surface area contributed by atoms with Crippen LogP contribution in [-0.2, 0) is 9.59 Å². The molecule has 0 aliphatic heterocycles. The molecule has 4 aliphatic carbocycles. The van der Waals surface area contributed by atoms with Crippen molar-refractivity contribution in [3.05, 3.63) is 12.2 Å². The Balaban J connectivity index is 1.58. The highest BCUT2D eigenvalue weighted by atomic mass is 16.3. The van der Waals surface area contributed by atoms with Crippen molar-refractivity contribution < 1.29 is 14.7 Å². The smallest absolute Gasteiger partial charge is 0.137 e. The van der Waals surface area contributed by atoms with Gasteiger partial charge in [-0.15, -0.1) is 0 Å². The summed E-state index contributed by atoms with van der Waals surface area (Å²) in [5.74, 6) is 2.97. The van der Waals surface area contributed by atoms with Gasteiger partial charge in [-0.2, -0.15) is 0 Å². The Kier molecular flexibility index (Phi) is 5.61. The van der Waals surface area contributed by atoms with E-state index in [-0.39, 0.29) is 28.4 Å². The quantitative estimate of drug-likeness (QED) is 0.596. The summed E-state index contributed by atoms with van der Waals surface area (Å²) in [6.45, 7) is 11.1. The van der Waals surface area contributed by atoms with Gasteiger partial charge >= 0.3 is 0 Å². The van der Waals surface area contributed by atoms with Gasteiger partial charge in [-0.3, -0.25) is 9.59 Å². The molecule has 0 aromatic rings. The highest BCUT2D eigenvalue weighted by molar-refractivity contribution is 5.90. The molecule has 0 amide bonds. The first-order valence-corrected chi connectivity index (χ1v) is 12.4. The SMILES string of the molecule is CC(C)C/C=C/[C@](C)(O)[C@H]1CC[C@H]2[C@@H]3CC(=O)[C@H]4CC(=O)CC[C@]4(C)[C@H]3CC[C@@]21C. The fourth-order valence-electron chi connectivity index (χ4n) is 8.49. The summed E-state index contributed by atoms with van der Waals surface area (Å²) < 4.78 is 0. The predicted octanol–water partition coefficient (Wildman–Crippen LogP) is 5.75. The average molecular weight is 415 g/mol. The highest BCUT2D eigenvalue weighted by Crippen LogP contribution is 2.67. The lowest BCUT2D eigenvalue weighted by Gasteiger charge is -2.60. The molecule has 8 atom stereocenters. The van der Waals surface area contributed by atoms with Crippen molar-refractivity contribution in [1.82, 2.24) is 0 Å². The third-order valence-corrected chi connectivity index (χ3v) is 10.0. The minimum atomic E-state index is -0.784. The first-order valence-electron chi connectivity index (χ1n) is 12.4. The van der Waals surface area contributed by atoms with Crippen LogP contribution < -0.4 is 0 Å². The van der Waals surface area contributed by atoms with Crippen molar-refractivity contribution in [2.45, 2.75) is 98.0 Å². The van der Waals surface area contributed by atoms with Crippen LogP contribution in [0, 0.1) is 46.3 Å². The van der Waals surface area contributed by atoms with Crippen LogP contribution in [0.5, 0.6) is 0 Å². The van der Waals surface area contributed by atoms with Crippen LogP contribution >= 0.6 is 0 Å². The number of carbonyl (C=O) groups excluding carboxylic acids is 2. The van der Waals surface area contributed by atoms with Gasteiger partial charge in [0.05, 0.1) is 5.60 Å². The Morgan fingerprint density at radius 3 is 2.47 bits per heavy atom. The Hall–Kier alpha value is -0.960. The third-order valence-electron chi connectivity index (χ3n) is 10.0. The molecule has 0 unspecified atom stereocenters. The molecule has 0 aromatic heterocycles. The topological polar surface area (TPSA) is 54.4 Å². The zero-order valence-electron chi connectivity index (χ0n) is 19.7. The second-order valence-corrected chi connectivity index (χ2v) is 12.3. The molecule has 0 radical (unpaired) electrons. The van der Waals surface area contributed by atoms with E-state index in [0.717, 1.165) is 38.5 Å². The van der Waals surface area contributed by atoms with E-state index < -0.39 is 5.60 Å². The second kappa shape index (κ2) is 7.57. The van der Waals surface area contributed by atoms with Crippen molar-refractivity contribution in [1.29, 1.82) is 0 Å². The van der Waals surface area contributed by atoms with Crippen LogP contribution in [0.3, 0.4) is 0 Å².